The van der Waals surface area contributed by atoms with Crippen LogP contribution in [0.25, 0.3) is 43.9 Å². The maximum atomic E-state index is 13.6. The number of methoxy groups -OCH3 is 1. The van der Waals surface area contributed by atoms with Gasteiger partial charge in [-0.25, -0.2) is 19.6 Å². The minimum absolute atomic E-state index is 0.0464. The Morgan fingerprint density at radius 3 is 2.58 bits per heavy atom. The van der Waals surface area contributed by atoms with Gasteiger partial charge in [-0.2, -0.15) is 0 Å². The van der Waals surface area contributed by atoms with E-state index in [9.17, 15) is 14.4 Å². The molecule has 43 heavy (non-hydrogen) atoms. The van der Waals surface area contributed by atoms with Gasteiger partial charge in [-0.3, -0.25) is 10.1 Å². The van der Waals surface area contributed by atoms with Gasteiger partial charge < -0.3 is 19.4 Å². The van der Waals surface area contributed by atoms with E-state index in [0.717, 1.165) is 16.8 Å². The molecule has 0 aliphatic heterocycles. The van der Waals surface area contributed by atoms with Crippen LogP contribution < -0.4 is 16.1 Å². The highest BCUT2D eigenvalue weighted by Crippen LogP contribution is 2.37. The largest absolute Gasteiger partial charge is 0.462 e. The molecule has 0 bridgehead atoms. The molecule has 0 aliphatic carbocycles. The fourth-order valence-electron chi connectivity index (χ4n) is 4.68. The fourth-order valence-corrected chi connectivity index (χ4v) is 5.54. The number of nitrogens with zero attached hydrogens (tertiary/aromatic N) is 3. The molecule has 3 heterocycles. The average molecular weight is 598 g/mol. The SMILES string of the molecule is CCNC(=O)Nc1cc(-c2nc(-c3ccccc3)cs2)c(-c2ccc3c(c2)c(=O)c(C(=O)OCC)cn3CCOC)cn1. The summed E-state index contributed by atoms with van der Waals surface area (Å²) >= 11 is 1.47. The summed E-state index contributed by atoms with van der Waals surface area (Å²) in [7, 11) is 1.59. The molecule has 11 heteroatoms. The van der Waals surface area contributed by atoms with Gasteiger partial charge in [0.05, 0.1) is 24.4 Å². The number of hydrogen-bond acceptors (Lipinski definition) is 8. The zero-order valence-electron chi connectivity index (χ0n) is 24.0. The highest BCUT2D eigenvalue weighted by Gasteiger charge is 2.20. The van der Waals surface area contributed by atoms with Crippen molar-refractivity contribution in [1.29, 1.82) is 0 Å². The number of thiazole rings is 1. The first-order valence-electron chi connectivity index (χ1n) is 13.8. The summed E-state index contributed by atoms with van der Waals surface area (Å²) in [5.74, 6) is -0.321. The molecule has 2 aromatic carbocycles. The number of urea groups is 1. The summed E-state index contributed by atoms with van der Waals surface area (Å²) in [6.45, 7) is 4.98. The zero-order chi connectivity index (χ0) is 30.3. The highest BCUT2D eigenvalue weighted by molar-refractivity contribution is 7.13. The topological polar surface area (TPSA) is 124 Å². The predicted molar refractivity (Wildman–Crippen MR) is 169 cm³/mol. The zero-order valence-corrected chi connectivity index (χ0v) is 24.9. The van der Waals surface area contributed by atoms with Crippen molar-refractivity contribution in [3.05, 3.63) is 88.2 Å². The Morgan fingerprint density at radius 1 is 1.02 bits per heavy atom. The summed E-state index contributed by atoms with van der Waals surface area (Å²) in [6.07, 6.45) is 3.18. The number of aromatic nitrogens is 3. The first-order chi connectivity index (χ1) is 20.9. The number of ether oxygens (including phenoxy) is 2. The molecule has 2 N–H and O–H groups in total. The van der Waals surface area contributed by atoms with Gasteiger partial charge in [-0.1, -0.05) is 36.4 Å². The predicted octanol–water partition coefficient (Wildman–Crippen LogP) is 5.82. The number of benzene rings is 2. The summed E-state index contributed by atoms with van der Waals surface area (Å²) in [5.41, 5.74) is 4.13. The Hall–Kier alpha value is -4.87. The third-order valence-corrected chi connectivity index (χ3v) is 7.59. The molecule has 5 rings (SSSR count). The third kappa shape index (κ3) is 6.47. The lowest BCUT2D eigenvalue weighted by Crippen LogP contribution is -2.28. The number of esters is 1. The van der Waals surface area contributed by atoms with Gasteiger partial charge in [-0.05, 0) is 37.6 Å². The molecule has 5 aromatic rings. The average Bonchev–Trinajstić information content (AvgIpc) is 3.52. The van der Waals surface area contributed by atoms with E-state index >= 15 is 0 Å². The second-order valence-corrected chi connectivity index (χ2v) is 10.4. The number of rotatable bonds is 10. The summed E-state index contributed by atoms with van der Waals surface area (Å²) in [6, 6.07) is 16.8. The van der Waals surface area contributed by atoms with Gasteiger partial charge in [0.15, 0.2) is 0 Å². The van der Waals surface area contributed by atoms with Crippen LogP contribution in [0.1, 0.15) is 24.2 Å². The second-order valence-electron chi connectivity index (χ2n) is 9.51. The second kappa shape index (κ2) is 13.4. The van der Waals surface area contributed by atoms with Crippen LogP contribution in [-0.2, 0) is 16.0 Å². The Balaban J connectivity index is 1.67. The quantitative estimate of drug-likeness (QED) is 0.195. The van der Waals surface area contributed by atoms with E-state index in [-0.39, 0.29) is 18.2 Å². The lowest BCUT2D eigenvalue weighted by Gasteiger charge is -2.15. The highest BCUT2D eigenvalue weighted by atomic mass is 32.1. The van der Waals surface area contributed by atoms with Crippen molar-refractivity contribution in [3.63, 3.8) is 0 Å². The van der Waals surface area contributed by atoms with Crippen LogP contribution in [0.15, 0.2) is 77.2 Å². The maximum absolute atomic E-state index is 13.6. The summed E-state index contributed by atoms with van der Waals surface area (Å²) in [5, 5.41) is 8.53. The summed E-state index contributed by atoms with van der Waals surface area (Å²) in [4.78, 5) is 47.9. The molecular weight excluding hydrogens is 566 g/mol. The molecule has 0 aliphatic rings. The normalized spacial score (nSPS) is 11.0. The van der Waals surface area contributed by atoms with Crippen LogP contribution in [0.4, 0.5) is 10.6 Å². The number of pyridine rings is 2. The number of carbonyl (C=O) groups is 2. The van der Waals surface area contributed by atoms with Crippen molar-refractivity contribution >= 4 is 40.1 Å². The number of hydrogen-bond donors (Lipinski definition) is 2. The van der Waals surface area contributed by atoms with Crippen LogP contribution in [0.3, 0.4) is 0 Å². The Kier molecular flexibility index (Phi) is 9.23. The smallest absolute Gasteiger partial charge is 0.343 e. The monoisotopic (exact) mass is 597 g/mol. The van der Waals surface area contributed by atoms with Gasteiger partial charge in [-0.15, -0.1) is 11.3 Å². The molecule has 0 fully saturated rings. The molecule has 0 unspecified atom stereocenters. The van der Waals surface area contributed by atoms with E-state index in [1.165, 1.54) is 17.5 Å². The fraction of sp³-hybridized carbons (Fsp3) is 0.219. The van der Waals surface area contributed by atoms with E-state index in [1.807, 2.05) is 59.3 Å². The molecule has 2 amide bonds. The molecule has 10 nitrogen and oxygen atoms in total. The number of fused-ring (bicyclic) bond motifs is 1. The molecule has 0 saturated heterocycles. The van der Waals surface area contributed by atoms with E-state index in [4.69, 9.17) is 14.5 Å². The maximum Gasteiger partial charge on any atom is 0.343 e. The number of amides is 2. The molecule has 3 aromatic heterocycles. The van der Waals surface area contributed by atoms with Gasteiger partial charge in [0.1, 0.15) is 16.4 Å². The third-order valence-electron chi connectivity index (χ3n) is 6.71. The van der Waals surface area contributed by atoms with E-state index in [2.05, 4.69) is 15.6 Å². The Labute approximate surface area is 252 Å². The lowest BCUT2D eigenvalue weighted by atomic mass is 9.99. The van der Waals surface area contributed by atoms with Crippen molar-refractivity contribution in [2.24, 2.45) is 0 Å². The number of carbonyl (C=O) groups excluding carboxylic acids is 2. The van der Waals surface area contributed by atoms with Crippen LogP contribution in [0, 0.1) is 0 Å². The van der Waals surface area contributed by atoms with Gasteiger partial charge in [0.2, 0.25) is 5.43 Å². The van der Waals surface area contributed by atoms with Gasteiger partial charge >= 0.3 is 12.0 Å². The molecular formula is C32H31N5O5S. The van der Waals surface area contributed by atoms with Crippen LogP contribution in [-0.4, -0.2) is 53.4 Å². The summed E-state index contributed by atoms with van der Waals surface area (Å²) < 4.78 is 12.2. The van der Waals surface area contributed by atoms with Crippen LogP contribution in [0.5, 0.6) is 0 Å². The van der Waals surface area contributed by atoms with E-state index in [0.29, 0.717) is 52.6 Å². The van der Waals surface area contributed by atoms with Gasteiger partial charge in [0, 0.05) is 60.0 Å². The molecule has 220 valence electrons. The molecule has 0 radical (unpaired) electrons. The Morgan fingerprint density at radius 2 is 1.84 bits per heavy atom. The van der Waals surface area contributed by atoms with Crippen molar-refractivity contribution in [1.82, 2.24) is 19.9 Å². The number of nitrogens with one attached hydrogen (secondary N) is 2. The first-order valence-corrected chi connectivity index (χ1v) is 14.7. The molecule has 0 spiro atoms. The minimum Gasteiger partial charge on any atom is -0.462 e. The molecule has 0 saturated carbocycles. The van der Waals surface area contributed by atoms with Crippen molar-refractivity contribution < 1.29 is 19.1 Å². The standard InChI is InChI=1S/C32H31N5O5S/c1-4-33-32(40)36-28-16-22(30-35-26(19-43-30)20-9-7-6-8-10-20)24(17-34-28)21-11-12-27-23(15-21)29(38)25(31(39)42-5-2)18-37(27)13-14-41-3/h6-12,15-19H,4-5,13-14H2,1-3H3,(H2,33,34,36,40). The first kappa shape index (κ1) is 29.6. The Bertz CT molecular complexity index is 1830. The lowest BCUT2D eigenvalue weighted by molar-refractivity contribution is 0.0524. The number of anilines is 1. The van der Waals surface area contributed by atoms with Gasteiger partial charge in [0.25, 0.3) is 0 Å². The van der Waals surface area contributed by atoms with Crippen molar-refractivity contribution in [3.8, 4) is 33.0 Å². The van der Waals surface area contributed by atoms with Crippen LogP contribution in [0.2, 0.25) is 0 Å². The minimum atomic E-state index is -0.676. The van der Waals surface area contributed by atoms with Crippen LogP contribution >= 0.6 is 11.3 Å². The van der Waals surface area contributed by atoms with E-state index in [1.54, 1.807) is 32.4 Å². The van der Waals surface area contributed by atoms with Crippen molar-refractivity contribution in [2.45, 2.75) is 20.4 Å². The van der Waals surface area contributed by atoms with Crippen molar-refractivity contribution in [2.75, 3.05) is 32.2 Å². The van der Waals surface area contributed by atoms with E-state index < -0.39 is 11.4 Å². The molecule has 0 atom stereocenters.